The van der Waals surface area contributed by atoms with E-state index in [1.165, 1.54) is 77.1 Å². The van der Waals surface area contributed by atoms with Crippen LogP contribution < -0.4 is 4.90 Å². The van der Waals surface area contributed by atoms with Crippen LogP contribution >= 0.6 is 0 Å². The molecule has 1 aromatic heterocycles. The number of rotatable bonds is 8. The molecule has 0 atom stereocenters. The lowest BCUT2D eigenvalue weighted by atomic mass is 9.93. The average Bonchev–Trinajstić information content (AvgIpc) is 3.67. The normalized spacial score (nSPS) is 11.3. The van der Waals surface area contributed by atoms with Crippen molar-refractivity contribution in [2.24, 2.45) is 0 Å². The molecule has 0 bridgehead atoms. The lowest BCUT2D eigenvalue weighted by Gasteiger charge is -2.27. The molecule has 282 valence electrons. The van der Waals surface area contributed by atoms with E-state index in [9.17, 15) is 0 Å². The van der Waals surface area contributed by atoms with Gasteiger partial charge in [-0.1, -0.05) is 194 Å². The summed E-state index contributed by atoms with van der Waals surface area (Å²) in [6.07, 6.45) is 0. The zero-order valence-corrected chi connectivity index (χ0v) is 33.0. The van der Waals surface area contributed by atoms with E-state index < -0.39 is 0 Å². The fraction of sp³-hybridized carbons (Fsp3) is 0. The van der Waals surface area contributed by atoms with E-state index in [-0.39, 0.29) is 0 Å². The maximum atomic E-state index is 2.42. The summed E-state index contributed by atoms with van der Waals surface area (Å²) < 4.78 is 2.42. The van der Waals surface area contributed by atoms with E-state index in [4.69, 9.17) is 0 Å². The third-order valence-corrected chi connectivity index (χ3v) is 11.8. The molecule has 60 heavy (non-hydrogen) atoms. The molecular weight excluding hydrogens is 725 g/mol. The first-order chi connectivity index (χ1) is 29.8. The van der Waals surface area contributed by atoms with Crippen molar-refractivity contribution in [3.05, 3.63) is 243 Å². The molecule has 0 unspecified atom stereocenters. The Hall–Kier alpha value is -7.94. The van der Waals surface area contributed by atoms with Gasteiger partial charge in [-0.05, 0) is 92.9 Å². The number of hydrogen-bond acceptors (Lipinski definition) is 1. The summed E-state index contributed by atoms with van der Waals surface area (Å²) >= 11 is 0. The van der Waals surface area contributed by atoms with Crippen molar-refractivity contribution < 1.29 is 0 Å². The van der Waals surface area contributed by atoms with Gasteiger partial charge in [-0.2, -0.15) is 0 Å². The van der Waals surface area contributed by atoms with Crippen LogP contribution in [0.1, 0.15) is 0 Å². The van der Waals surface area contributed by atoms with Gasteiger partial charge in [0.05, 0.1) is 22.4 Å². The van der Waals surface area contributed by atoms with Crippen molar-refractivity contribution in [1.29, 1.82) is 0 Å². The first-order valence-corrected chi connectivity index (χ1v) is 20.6. The first kappa shape index (κ1) is 35.2. The van der Waals surface area contributed by atoms with Crippen LogP contribution in [-0.2, 0) is 0 Å². The summed E-state index contributed by atoms with van der Waals surface area (Å²) in [7, 11) is 0. The summed E-state index contributed by atoms with van der Waals surface area (Å²) in [5.41, 5.74) is 16.5. The molecule has 0 radical (unpaired) electrons. The lowest BCUT2D eigenvalue weighted by Crippen LogP contribution is -2.10. The van der Waals surface area contributed by atoms with Crippen molar-refractivity contribution in [3.63, 3.8) is 0 Å². The molecule has 11 rings (SSSR count). The second-order valence-corrected chi connectivity index (χ2v) is 15.3. The molecule has 0 saturated carbocycles. The molecule has 0 spiro atoms. The summed E-state index contributed by atoms with van der Waals surface area (Å²) in [4.78, 5) is 2.39. The Bertz CT molecular complexity index is 3230. The number of anilines is 3. The van der Waals surface area contributed by atoms with Gasteiger partial charge in [-0.25, -0.2) is 0 Å². The Morgan fingerprint density at radius 1 is 0.267 bits per heavy atom. The largest absolute Gasteiger partial charge is 0.310 e. The lowest BCUT2D eigenvalue weighted by molar-refractivity contribution is 1.18. The molecule has 1 heterocycles. The Morgan fingerprint density at radius 3 is 1.33 bits per heavy atom. The Morgan fingerprint density at radius 2 is 0.700 bits per heavy atom. The van der Waals surface area contributed by atoms with Crippen LogP contribution in [0.5, 0.6) is 0 Å². The highest BCUT2D eigenvalue weighted by Crippen LogP contribution is 2.43. The minimum absolute atomic E-state index is 1.10. The van der Waals surface area contributed by atoms with E-state index in [1.54, 1.807) is 0 Å². The van der Waals surface area contributed by atoms with Gasteiger partial charge in [-0.3, -0.25) is 0 Å². The summed E-state index contributed by atoms with van der Waals surface area (Å²) in [6.45, 7) is 0. The van der Waals surface area contributed by atoms with Crippen molar-refractivity contribution >= 4 is 49.6 Å². The maximum Gasteiger partial charge on any atom is 0.0541 e. The highest BCUT2D eigenvalue weighted by atomic mass is 15.1. The van der Waals surface area contributed by atoms with Gasteiger partial charge < -0.3 is 9.47 Å². The molecular formula is C58H40N2. The van der Waals surface area contributed by atoms with Crippen LogP contribution in [0.2, 0.25) is 0 Å². The van der Waals surface area contributed by atoms with E-state index >= 15 is 0 Å². The molecule has 0 fully saturated rings. The second kappa shape index (κ2) is 15.1. The Labute approximate surface area is 350 Å². The molecule has 0 aliphatic heterocycles. The van der Waals surface area contributed by atoms with Crippen LogP contribution in [0.25, 0.3) is 82.8 Å². The monoisotopic (exact) mass is 764 g/mol. The third kappa shape index (κ3) is 6.23. The number of hydrogen-bond donors (Lipinski definition) is 0. The predicted octanol–water partition coefficient (Wildman–Crippen LogP) is 16.1. The third-order valence-electron chi connectivity index (χ3n) is 11.8. The zero-order chi connectivity index (χ0) is 39.8. The summed E-state index contributed by atoms with van der Waals surface area (Å²) in [5.74, 6) is 0. The SMILES string of the molecule is c1ccc(-c2ccc(-c3ccc(N(c4ccc(-c5ccccc5-c5ccccc5-n5c6ccccc6c6ccccc65)cc4)c4cccc5ccccc45)cc3)cc2)cc1. The molecule has 0 amide bonds. The van der Waals surface area contributed by atoms with Gasteiger partial charge in [-0.15, -0.1) is 0 Å². The van der Waals surface area contributed by atoms with E-state index in [1.807, 2.05) is 0 Å². The van der Waals surface area contributed by atoms with Crippen molar-refractivity contribution in [3.8, 4) is 50.2 Å². The highest BCUT2D eigenvalue weighted by molar-refractivity contribution is 6.10. The van der Waals surface area contributed by atoms with Crippen molar-refractivity contribution in [2.45, 2.75) is 0 Å². The number of fused-ring (bicyclic) bond motifs is 4. The predicted molar refractivity (Wildman–Crippen MR) is 255 cm³/mol. The van der Waals surface area contributed by atoms with Crippen LogP contribution in [-0.4, -0.2) is 4.57 Å². The van der Waals surface area contributed by atoms with E-state index in [0.29, 0.717) is 0 Å². The number of benzene rings is 10. The van der Waals surface area contributed by atoms with Gasteiger partial charge in [0.25, 0.3) is 0 Å². The molecule has 2 heteroatoms. The Balaban J connectivity index is 0.986. The zero-order valence-electron chi connectivity index (χ0n) is 33.0. The minimum Gasteiger partial charge on any atom is -0.310 e. The topological polar surface area (TPSA) is 8.17 Å². The van der Waals surface area contributed by atoms with Crippen LogP contribution in [0, 0.1) is 0 Å². The van der Waals surface area contributed by atoms with Crippen molar-refractivity contribution in [1.82, 2.24) is 4.57 Å². The summed E-state index contributed by atoms with van der Waals surface area (Å²) in [6, 6.07) is 87.8. The highest BCUT2D eigenvalue weighted by Gasteiger charge is 2.19. The van der Waals surface area contributed by atoms with E-state index in [0.717, 1.165) is 22.7 Å². The standard InChI is InChI=1S/C58H40N2/c1-2-15-41(16-3-1)42-29-31-43(32-30-42)44-33-37-47(38-34-44)59(55-28-14-18-45-17-4-5-20-50(45)55)48-39-35-46(36-40-48)49-19-6-7-21-51(49)52-22-8-11-25-56(52)60-57-26-12-9-23-53(57)54-24-10-13-27-58(54)60/h1-40H. The smallest absolute Gasteiger partial charge is 0.0541 e. The maximum absolute atomic E-state index is 2.42. The van der Waals surface area contributed by atoms with E-state index in [2.05, 4.69) is 252 Å². The number of para-hydroxylation sites is 3. The van der Waals surface area contributed by atoms with Crippen LogP contribution in [0.3, 0.4) is 0 Å². The molecule has 0 aliphatic carbocycles. The Kier molecular flexibility index (Phi) is 8.87. The van der Waals surface area contributed by atoms with Gasteiger partial charge in [0.1, 0.15) is 0 Å². The minimum atomic E-state index is 1.10. The van der Waals surface area contributed by atoms with Crippen LogP contribution in [0.4, 0.5) is 17.1 Å². The molecule has 2 nitrogen and oxygen atoms in total. The second-order valence-electron chi connectivity index (χ2n) is 15.3. The van der Waals surface area contributed by atoms with Gasteiger partial charge in [0.15, 0.2) is 0 Å². The van der Waals surface area contributed by atoms with Crippen molar-refractivity contribution in [2.75, 3.05) is 4.90 Å². The van der Waals surface area contributed by atoms with Gasteiger partial charge >= 0.3 is 0 Å². The fourth-order valence-corrected chi connectivity index (χ4v) is 8.96. The molecule has 10 aromatic carbocycles. The van der Waals surface area contributed by atoms with Gasteiger partial charge in [0, 0.05) is 33.1 Å². The summed E-state index contributed by atoms with van der Waals surface area (Å²) in [5, 5.41) is 4.93. The average molecular weight is 765 g/mol. The van der Waals surface area contributed by atoms with Crippen LogP contribution in [0.15, 0.2) is 243 Å². The quantitative estimate of drug-likeness (QED) is 0.150. The number of nitrogens with zero attached hydrogens (tertiary/aromatic N) is 2. The number of aromatic nitrogens is 1. The molecule has 0 saturated heterocycles. The first-order valence-electron chi connectivity index (χ1n) is 20.6. The molecule has 0 aliphatic rings. The fourth-order valence-electron chi connectivity index (χ4n) is 8.96. The molecule has 11 aromatic rings. The molecule has 0 N–H and O–H groups in total. The van der Waals surface area contributed by atoms with Gasteiger partial charge in [0.2, 0.25) is 0 Å².